The van der Waals surface area contributed by atoms with E-state index in [2.05, 4.69) is 5.16 Å². The SMILES string of the molecule is COc1ccc(OC)c([C@@H]2CCN(C(=O)c3c(C)noc3C)C2)c1. The lowest BCUT2D eigenvalue weighted by atomic mass is 9.97. The summed E-state index contributed by atoms with van der Waals surface area (Å²) in [5, 5.41) is 3.88. The van der Waals surface area contributed by atoms with E-state index in [0.717, 1.165) is 23.5 Å². The van der Waals surface area contributed by atoms with Crippen LogP contribution in [0.15, 0.2) is 22.7 Å². The Morgan fingerprint density at radius 1 is 1.29 bits per heavy atom. The van der Waals surface area contributed by atoms with Crippen molar-refractivity contribution < 1.29 is 18.8 Å². The Labute approximate surface area is 141 Å². The number of aromatic nitrogens is 1. The fourth-order valence-corrected chi connectivity index (χ4v) is 3.30. The predicted octanol–water partition coefficient (Wildman–Crippen LogP) is 2.94. The molecule has 24 heavy (non-hydrogen) atoms. The van der Waals surface area contributed by atoms with Gasteiger partial charge in [0, 0.05) is 24.6 Å². The zero-order chi connectivity index (χ0) is 17.3. The van der Waals surface area contributed by atoms with Gasteiger partial charge in [-0.05, 0) is 38.5 Å². The van der Waals surface area contributed by atoms with Crippen LogP contribution in [0.5, 0.6) is 11.5 Å². The summed E-state index contributed by atoms with van der Waals surface area (Å²) < 4.78 is 15.9. The molecule has 2 heterocycles. The summed E-state index contributed by atoms with van der Waals surface area (Å²) in [6.07, 6.45) is 0.888. The lowest BCUT2D eigenvalue weighted by Crippen LogP contribution is -2.29. The summed E-state index contributed by atoms with van der Waals surface area (Å²) in [5.41, 5.74) is 2.29. The van der Waals surface area contributed by atoms with Crippen LogP contribution >= 0.6 is 0 Å². The van der Waals surface area contributed by atoms with Crippen LogP contribution in [0.4, 0.5) is 0 Å². The zero-order valence-corrected chi connectivity index (χ0v) is 14.5. The van der Waals surface area contributed by atoms with Gasteiger partial charge in [0.05, 0.1) is 19.9 Å². The molecule has 1 fully saturated rings. The fourth-order valence-electron chi connectivity index (χ4n) is 3.30. The first-order valence-electron chi connectivity index (χ1n) is 7.99. The van der Waals surface area contributed by atoms with Crippen molar-refractivity contribution in [2.45, 2.75) is 26.2 Å². The summed E-state index contributed by atoms with van der Waals surface area (Å²) >= 11 is 0. The average molecular weight is 330 g/mol. The Morgan fingerprint density at radius 2 is 2.08 bits per heavy atom. The molecule has 0 spiro atoms. The van der Waals surface area contributed by atoms with Gasteiger partial charge in [0.2, 0.25) is 0 Å². The molecule has 1 aliphatic heterocycles. The van der Waals surface area contributed by atoms with E-state index in [9.17, 15) is 4.79 Å². The van der Waals surface area contributed by atoms with Crippen molar-refractivity contribution in [1.29, 1.82) is 0 Å². The van der Waals surface area contributed by atoms with Gasteiger partial charge in [0.25, 0.3) is 5.91 Å². The molecule has 1 aromatic carbocycles. The van der Waals surface area contributed by atoms with Crippen molar-refractivity contribution in [3.05, 3.63) is 40.8 Å². The van der Waals surface area contributed by atoms with Gasteiger partial charge in [0.1, 0.15) is 22.8 Å². The number of amides is 1. The molecule has 0 N–H and O–H groups in total. The number of aryl methyl sites for hydroxylation is 2. The maximum atomic E-state index is 12.8. The van der Waals surface area contributed by atoms with Crippen LogP contribution in [0.25, 0.3) is 0 Å². The van der Waals surface area contributed by atoms with Crippen LogP contribution in [0, 0.1) is 13.8 Å². The first-order valence-corrected chi connectivity index (χ1v) is 7.99. The third-order valence-corrected chi connectivity index (χ3v) is 4.60. The first-order chi connectivity index (χ1) is 11.5. The minimum atomic E-state index is -0.0180. The monoisotopic (exact) mass is 330 g/mol. The van der Waals surface area contributed by atoms with Gasteiger partial charge in [-0.25, -0.2) is 0 Å². The number of nitrogens with zero attached hydrogens (tertiary/aromatic N) is 2. The highest BCUT2D eigenvalue weighted by Gasteiger charge is 2.32. The zero-order valence-electron chi connectivity index (χ0n) is 14.5. The second kappa shape index (κ2) is 6.55. The molecule has 0 unspecified atom stereocenters. The minimum absolute atomic E-state index is 0.0180. The van der Waals surface area contributed by atoms with E-state index in [1.54, 1.807) is 28.1 Å². The maximum Gasteiger partial charge on any atom is 0.259 e. The Bertz CT molecular complexity index is 734. The predicted molar refractivity (Wildman–Crippen MR) is 88.8 cm³/mol. The van der Waals surface area contributed by atoms with Crippen LogP contribution < -0.4 is 9.47 Å². The van der Waals surface area contributed by atoms with Crippen LogP contribution in [0.3, 0.4) is 0 Å². The number of hydrogen-bond donors (Lipinski definition) is 0. The van der Waals surface area contributed by atoms with Gasteiger partial charge in [-0.1, -0.05) is 5.16 Å². The van der Waals surface area contributed by atoms with Crippen LogP contribution in [-0.4, -0.2) is 43.3 Å². The number of carbonyl (C=O) groups excluding carboxylic acids is 1. The van der Waals surface area contributed by atoms with Crippen molar-refractivity contribution in [3.63, 3.8) is 0 Å². The number of hydrogen-bond acceptors (Lipinski definition) is 5. The molecule has 3 rings (SSSR count). The average Bonchev–Trinajstić information content (AvgIpc) is 3.21. The highest BCUT2D eigenvalue weighted by atomic mass is 16.5. The van der Waals surface area contributed by atoms with E-state index in [1.807, 2.05) is 23.1 Å². The summed E-state index contributed by atoms with van der Waals surface area (Å²) in [6.45, 7) is 4.91. The summed E-state index contributed by atoms with van der Waals surface area (Å²) in [4.78, 5) is 14.6. The van der Waals surface area contributed by atoms with E-state index in [-0.39, 0.29) is 11.8 Å². The number of carbonyl (C=O) groups is 1. The van der Waals surface area contributed by atoms with E-state index in [0.29, 0.717) is 30.1 Å². The minimum Gasteiger partial charge on any atom is -0.497 e. The molecular weight excluding hydrogens is 308 g/mol. The summed E-state index contributed by atoms with van der Waals surface area (Å²) in [6, 6.07) is 5.78. The lowest BCUT2D eigenvalue weighted by Gasteiger charge is -2.18. The second-order valence-electron chi connectivity index (χ2n) is 6.04. The Balaban J connectivity index is 1.82. The summed E-state index contributed by atoms with van der Waals surface area (Å²) in [5.74, 6) is 2.39. The smallest absolute Gasteiger partial charge is 0.259 e. The number of methoxy groups -OCH3 is 2. The van der Waals surface area contributed by atoms with Crippen LogP contribution in [-0.2, 0) is 0 Å². The second-order valence-corrected chi connectivity index (χ2v) is 6.04. The molecule has 0 saturated carbocycles. The first kappa shape index (κ1) is 16.4. The van der Waals surface area contributed by atoms with Crippen molar-refractivity contribution in [2.24, 2.45) is 0 Å². The fraction of sp³-hybridized carbons (Fsp3) is 0.444. The molecule has 1 aliphatic rings. The van der Waals surface area contributed by atoms with E-state index < -0.39 is 0 Å². The third-order valence-electron chi connectivity index (χ3n) is 4.60. The van der Waals surface area contributed by atoms with Crippen LogP contribution in [0.2, 0.25) is 0 Å². The molecule has 6 nitrogen and oxygen atoms in total. The molecule has 0 bridgehead atoms. The van der Waals surface area contributed by atoms with Crippen molar-refractivity contribution >= 4 is 5.91 Å². The van der Waals surface area contributed by atoms with E-state index in [4.69, 9.17) is 14.0 Å². The van der Waals surface area contributed by atoms with Crippen molar-refractivity contribution in [1.82, 2.24) is 10.1 Å². The molecule has 1 aromatic heterocycles. The van der Waals surface area contributed by atoms with Gasteiger partial charge in [0.15, 0.2) is 0 Å². The largest absolute Gasteiger partial charge is 0.497 e. The van der Waals surface area contributed by atoms with E-state index >= 15 is 0 Å². The molecule has 1 saturated heterocycles. The molecule has 6 heteroatoms. The van der Waals surface area contributed by atoms with Gasteiger partial charge in [-0.2, -0.15) is 0 Å². The number of rotatable bonds is 4. The van der Waals surface area contributed by atoms with Gasteiger partial charge >= 0.3 is 0 Å². The van der Waals surface area contributed by atoms with E-state index in [1.165, 1.54) is 0 Å². The normalized spacial score (nSPS) is 17.2. The number of benzene rings is 1. The molecule has 1 atom stereocenters. The van der Waals surface area contributed by atoms with Gasteiger partial charge in [-0.3, -0.25) is 4.79 Å². The number of likely N-dealkylation sites (tertiary alicyclic amines) is 1. The van der Waals surface area contributed by atoms with Crippen molar-refractivity contribution in [3.8, 4) is 11.5 Å². The third kappa shape index (κ3) is 2.84. The molecule has 0 aliphatic carbocycles. The molecule has 1 amide bonds. The highest BCUT2D eigenvalue weighted by molar-refractivity contribution is 5.96. The molecular formula is C18H22N2O4. The molecule has 0 radical (unpaired) electrons. The maximum absolute atomic E-state index is 12.8. The standard InChI is InChI=1S/C18H22N2O4/c1-11-17(12(2)24-19-11)18(21)20-8-7-13(10-20)15-9-14(22-3)5-6-16(15)23-4/h5-6,9,13H,7-8,10H2,1-4H3/t13-/m1/s1. The van der Waals surface area contributed by atoms with Crippen molar-refractivity contribution in [2.75, 3.05) is 27.3 Å². The lowest BCUT2D eigenvalue weighted by molar-refractivity contribution is 0.0788. The van der Waals surface area contributed by atoms with Crippen LogP contribution in [0.1, 0.15) is 39.7 Å². The molecule has 2 aromatic rings. The van der Waals surface area contributed by atoms with Gasteiger partial charge < -0.3 is 18.9 Å². The molecule has 128 valence electrons. The summed E-state index contributed by atoms with van der Waals surface area (Å²) in [7, 11) is 3.31. The Kier molecular flexibility index (Phi) is 4.46. The van der Waals surface area contributed by atoms with Gasteiger partial charge in [-0.15, -0.1) is 0 Å². The Hall–Kier alpha value is -2.50. The highest BCUT2D eigenvalue weighted by Crippen LogP contribution is 2.36. The Morgan fingerprint density at radius 3 is 2.71 bits per heavy atom. The number of ether oxygens (including phenoxy) is 2. The quantitative estimate of drug-likeness (QED) is 0.862. The topological polar surface area (TPSA) is 64.8 Å².